The molecule has 0 unspecified atom stereocenters. The third-order valence-electron chi connectivity index (χ3n) is 4.42. The van der Waals surface area contributed by atoms with Crippen LogP contribution in [0, 0.1) is 13.8 Å². The molecular formula is C20H23N3O4. The molecule has 3 rings (SSSR count). The summed E-state index contributed by atoms with van der Waals surface area (Å²) in [5, 5.41) is 9.81. The molecule has 0 aliphatic carbocycles. The zero-order chi connectivity index (χ0) is 19.9. The van der Waals surface area contributed by atoms with E-state index in [1.165, 1.54) is 4.57 Å². The number of hydrogen-bond acceptors (Lipinski definition) is 4. The van der Waals surface area contributed by atoms with Crippen molar-refractivity contribution < 1.29 is 14.6 Å². The van der Waals surface area contributed by atoms with Gasteiger partial charge in [-0.3, -0.25) is 9.36 Å². The molecule has 0 spiro atoms. The van der Waals surface area contributed by atoms with E-state index in [0.717, 1.165) is 11.1 Å². The Morgan fingerprint density at radius 3 is 2.59 bits per heavy atom. The lowest BCUT2D eigenvalue weighted by Crippen LogP contribution is -2.25. The highest BCUT2D eigenvalue weighted by Gasteiger charge is 2.27. The number of hydrogen-bond donors (Lipinski definition) is 1. The fourth-order valence-corrected chi connectivity index (χ4v) is 3.24. The number of carbonyl (C=O) groups is 1. The maximum atomic E-state index is 13.3. The molecule has 0 radical (unpaired) electrons. The Kier molecular flexibility index (Phi) is 4.78. The lowest BCUT2D eigenvalue weighted by atomic mass is 10.1. The minimum atomic E-state index is -1.16. The number of carboxylic acid groups (broad SMARTS) is 1. The number of fused-ring (bicyclic) bond motifs is 1. The van der Waals surface area contributed by atoms with Crippen LogP contribution in [-0.4, -0.2) is 31.3 Å². The maximum Gasteiger partial charge on any atom is 0.356 e. The summed E-state index contributed by atoms with van der Waals surface area (Å²) in [5.41, 5.74) is 2.01. The van der Waals surface area contributed by atoms with Gasteiger partial charge in [0.2, 0.25) is 0 Å². The zero-order valence-corrected chi connectivity index (χ0v) is 16.1. The van der Waals surface area contributed by atoms with Crippen LogP contribution in [0.2, 0.25) is 0 Å². The Morgan fingerprint density at radius 2 is 2.00 bits per heavy atom. The number of nitrogens with zero attached hydrogens (tertiary/aromatic N) is 3. The van der Waals surface area contributed by atoms with Crippen molar-refractivity contribution in [2.75, 3.05) is 0 Å². The Morgan fingerprint density at radius 1 is 1.30 bits per heavy atom. The Balaban J connectivity index is 2.29. The molecule has 3 aromatic rings. The van der Waals surface area contributed by atoms with Gasteiger partial charge in [-0.1, -0.05) is 29.8 Å². The molecule has 0 amide bonds. The number of benzene rings is 1. The topological polar surface area (TPSA) is 86.3 Å². The minimum Gasteiger partial charge on any atom is -0.488 e. The maximum absolute atomic E-state index is 13.3. The van der Waals surface area contributed by atoms with Crippen LogP contribution >= 0.6 is 0 Å². The summed E-state index contributed by atoms with van der Waals surface area (Å²) >= 11 is 0. The van der Waals surface area contributed by atoms with Crippen LogP contribution in [0.15, 0.2) is 29.1 Å². The Labute approximate surface area is 156 Å². The van der Waals surface area contributed by atoms with E-state index in [-0.39, 0.29) is 28.5 Å². The number of aromatic carboxylic acids is 1. The van der Waals surface area contributed by atoms with E-state index in [9.17, 15) is 14.7 Å². The largest absolute Gasteiger partial charge is 0.488 e. The highest BCUT2D eigenvalue weighted by Crippen LogP contribution is 2.30. The molecule has 2 aromatic heterocycles. The van der Waals surface area contributed by atoms with Crippen LogP contribution in [0.3, 0.4) is 0 Å². The van der Waals surface area contributed by atoms with Gasteiger partial charge in [-0.05, 0) is 33.3 Å². The van der Waals surface area contributed by atoms with Crippen LogP contribution in [0.5, 0.6) is 5.75 Å². The van der Waals surface area contributed by atoms with Crippen LogP contribution in [0.4, 0.5) is 0 Å². The molecule has 0 saturated heterocycles. The molecule has 0 saturated carbocycles. The van der Waals surface area contributed by atoms with E-state index in [1.54, 1.807) is 32.4 Å². The normalized spacial score (nSPS) is 11.3. The SMILES string of the molecule is Cc1cccc(Cn2c(C)nc3c(c(OC(C)C)c(C(=O)O)n3C)c2=O)c1. The van der Waals surface area contributed by atoms with Gasteiger partial charge in [-0.15, -0.1) is 0 Å². The fraction of sp³-hybridized carbons (Fsp3) is 0.350. The molecule has 0 atom stereocenters. The van der Waals surface area contributed by atoms with Crippen LogP contribution in [0.25, 0.3) is 11.0 Å². The monoisotopic (exact) mass is 369 g/mol. The highest BCUT2D eigenvalue weighted by atomic mass is 16.5. The number of carboxylic acids is 1. The van der Waals surface area contributed by atoms with Gasteiger partial charge in [0.1, 0.15) is 11.2 Å². The summed E-state index contributed by atoms with van der Waals surface area (Å²) in [5.74, 6) is -0.568. The summed E-state index contributed by atoms with van der Waals surface area (Å²) in [6.07, 6.45) is -0.278. The summed E-state index contributed by atoms with van der Waals surface area (Å²) in [7, 11) is 1.58. The molecule has 2 heterocycles. The smallest absolute Gasteiger partial charge is 0.356 e. The number of rotatable bonds is 5. The standard InChI is InChI=1S/C20H23N3O4/c1-11(2)27-17-15-18(22(5)16(17)20(25)26)21-13(4)23(19(15)24)10-14-8-6-7-12(3)9-14/h6-9,11H,10H2,1-5H3,(H,25,26). The molecule has 27 heavy (non-hydrogen) atoms. The molecule has 7 heteroatoms. The molecule has 142 valence electrons. The third-order valence-corrected chi connectivity index (χ3v) is 4.42. The second-order valence-corrected chi connectivity index (χ2v) is 6.95. The van der Waals surface area contributed by atoms with E-state index in [1.807, 2.05) is 31.2 Å². The lowest BCUT2D eigenvalue weighted by Gasteiger charge is -2.12. The summed E-state index contributed by atoms with van der Waals surface area (Å²) < 4.78 is 8.69. The molecule has 1 aromatic carbocycles. The summed E-state index contributed by atoms with van der Waals surface area (Å²) in [6, 6.07) is 7.89. The van der Waals surface area contributed by atoms with E-state index >= 15 is 0 Å². The second-order valence-electron chi connectivity index (χ2n) is 6.95. The molecule has 0 fully saturated rings. The second kappa shape index (κ2) is 6.90. The highest BCUT2D eigenvalue weighted by molar-refractivity contribution is 5.99. The van der Waals surface area contributed by atoms with Crippen molar-refractivity contribution >= 4 is 17.0 Å². The molecule has 0 aliphatic rings. The molecule has 1 N–H and O–H groups in total. The zero-order valence-electron chi connectivity index (χ0n) is 16.1. The Hall–Kier alpha value is -3.09. The van der Waals surface area contributed by atoms with Crippen molar-refractivity contribution in [2.24, 2.45) is 7.05 Å². The van der Waals surface area contributed by atoms with Gasteiger partial charge in [0.05, 0.1) is 12.6 Å². The van der Waals surface area contributed by atoms with Gasteiger partial charge in [-0.2, -0.15) is 0 Å². The van der Waals surface area contributed by atoms with Crippen molar-refractivity contribution in [3.63, 3.8) is 0 Å². The van der Waals surface area contributed by atoms with E-state index in [0.29, 0.717) is 18.0 Å². The van der Waals surface area contributed by atoms with Crippen LogP contribution in [0.1, 0.15) is 41.3 Å². The fourth-order valence-electron chi connectivity index (χ4n) is 3.24. The number of ether oxygens (including phenoxy) is 1. The van der Waals surface area contributed by atoms with Crippen molar-refractivity contribution in [1.29, 1.82) is 0 Å². The average molecular weight is 369 g/mol. The van der Waals surface area contributed by atoms with Gasteiger partial charge in [0.15, 0.2) is 17.1 Å². The Bertz CT molecular complexity index is 1090. The first-order valence-electron chi connectivity index (χ1n) is 8.76. The number of aryl methyl sites for hydroxylation is 3. The minimum absolute atomic E-state index is 0.0731. The molecule has 7 nitrogen and oxygen atoms in total. The van der Waals surface area contributed by atoms with Gasteiger partial charge in [0, 0.05) is 7.05 Å². The van der Waals surface area contributed by atoms with Crippen molar-refractivity contribution in [3.05, 3.63) is 57.3 Å². The van der Waals surface area contributed by atoms with Gasteiger partial charge >= 0.3 is 5.97 Å². The van der Waals surface area contributed by atoms with Gasteiger partial charge < -0.3 is 14.4 Å². The summed E-state index contributed by atoms with van der Waals surface area (Å²) in [6.45, 7) is 7.67. The predicted octanol–water partition coefficient (Wildman–Crippen LogP) is 2.89. The van der Waals surface area contributed by atoms with Crippen LogP contribution in [-0.2, 0) is 13.6 Å². The molecule has 0 bridgehead atoms. The summed E-state index contributed by atoms with van der Waals surface area (Å²) in [4.78, 5) is 29.5. The van der Waals surface area contributed by atoms with E-state index < -0.39 is 5.97 Å². The number of aromatic nitrogens is 3. The van der Waals surface area contributed by atoms with Crippen molar-refractivity contribution in [2.45, 2.75) is 40.3 Å². The van der Waals surface area contributed by atoms with Gasteiger partial charge in [-0.25, -0.2) is 9.78 Å². The molecule has 0 aliphatic heterocycles. The van der Waals surface area contributed by atoms with Crippen molar-refractivity contribution in [1.82, 2.24) is 14.1 Å². The third kappa shape index (κ3) is 3.32. The van der Waals surface area contributed by atoms with E-state index in [2.05, 4.69) is 4.98 Å². The van der Waals surface area contributed by atoms with Crippen LogP contribution < -0.4 is 10.3 Å². The quantitative estimate of drug-likeness (QED) is 0.747. The predicted molar refractivity (Wildman–Crippen MR) is 103 cm³/mol. The first-order chi connectivity index (χ1) is 12.7. The van der Waals surface area contributed by atoms with E-state index in [4.69, 9.17) is 4.74 Å². The van der Waals surface area contributed by atoms with Crippen molar-refractivity contribution in [3.8, 4) is 5.75 Å². The average Bonchev–Trinajstić information content (AvgIpc) is 2.83. The van der Waals surface area contributed by atoms with Gasteiger partial charge in [0.25, 0.3) is 5.56 Å². The molecular weight excluding hydrogens is 346 g/mol. The lowest BCUT2D eigenvalue weighted by molar-refractivity contribution is 0.0680. The first-order valence-corrected chi connectivity index (χ1v) is 8.76. The first kappa shape index (κ1) is 18.7.